The molecule has 0 aliphatic heterocycles. The molecule has 0 amide bonds. The molecule has 3 nitrogen and oxygen atoms in total. The van der Waals surface area contributed by atoms with Crippen LogP contribution in [0.1, 0.15) is 17.7 Å². The molecule has 0 saturated heterocycles. The van der Waals surface area contributed by atoms with Gasteiger partial charge in [-0.05, 0) is 29.4 Å². The normalized spacial score (nSPS) is 14.0. The third-order valence-electron chi connectivity index (χ3n) is 2.45. The van der Waals surface area contributed by atoms with E-state index in [1.165, 1.54) is 31.0 Å². The van der Waals surface area contributed by atoms with Gasteiger partial charge in [-0.3, -0.25) is 4.79 Å². The summed E-state index contributed by atoms with van der Waals surface area (Å²) in [6.45, 7) is 1.97. The van der Waals surface area contributed by atoms with Crippen LogP contribution in [0.4, 0.5) is 4.39 Å². The third kappa shape index (κ3) is 4.31. The third-order valence-corrected chi connectivity index (χ3v) is 4.01. The molecule has 1 aromatic rings. The van der Waals surface area contributed by atoms with Crippen molar-refractivity contribution >= 4 is 17.7 Å². The number of benzene rings is 1. The van der Waals surface area contributed by atoms with Crippen molar-refractivity contribution in [2.75, 3.05) is 19.5 Å². The van der Waals surface area contributed by atoms with Gasteiger partial charge in [0, 0.05) is 6.61 Å². The second-order valence-corrected chi connectivity index (χ2v) is 5.21. The number of ether oxygens (including phenoxy) is 1. The molecule has 5 heteroatoms. The first-order chi connectivity index (χ1) is 8.58. The maximum atomic E-state index is 12.8. The molecule has 0 saturated carbocycles. The molecule has 0 fully saturated rings. The van der Waals surface area contributed by atoms with Gasteiger partial charge in [0.1, 0.15) is 11.1 Å². The Bertz CT molecular complexity index is 380. The van der Waals surface area contributed by atoms with E-state index in [-0.39, 0.29) is 24.3 Å². The Morgan fingerprint density at radius 2 is 2.06 bits per heavy atom. The number of rotatable bonds is 6. The van der Waals surface area contributed by atoms with Gasteiger partial charge in [0.25, 0.3) is 0 Å². The summed E-state index contributed by atoms with van der Waals surface area (Å²) in [5.74, 6) is 0.0311. The van der Waals surface area contributed by atoms with Crippen LogP contribution >= 0.6 is 11.8 Å². The van der Waals surface area contributed by atoms with E-state index in [1.807, 2.05) is 6.92 Å². The molecular weight excluding hydrogens is 255 g/mol. The fourth-order valence-electron chi connectivity index (χ4n) is 1.36. The predicted octanol–water partition coefficient (Wildman–Crippen LogP) is 2.40. The lowest BCUT2D eigenvalue weighted by molar-refractivity contribution is -0.140. The van der Waals surface area contributed by atoms with Crippen LogP contribution in [0.25, 0.3) is 0 Å². The van der Waals surface area contributed by atoms with E-state index in [9.17, 15) is 9.18 Å². The fourth-order valence-corrected chi connectivity index (χ4v) is 2.57. The second-order valence-electron chi connectivity index (χ2n) is 4.08. The van der Waals surface area contributed by atoms with Crippen molar-refractivity contribution in [3.63, 3.8) is 0 Å². The average Bonchev–Trinajstić information content (AvgIpc) is 2.40. The first-order valence-electron chi connectivity index (χ1n) is 5.64. The summed E-state index contributed by atoms with van der Waals surface area (Å²) >= 11 is 1.39. The van der Waals surface area contributed by atoms with Crippen molar-refractivity contribution in [2.45, 2.75) is 12.2 Å². The predicted molar refractivity (Wildman–Crippen MR) is 69.9 cm³/mol. The highest BCUT2D eigenvalue weighted by Gasteiger charge is 2.22. The van der Waals surface area contributed by atoms with E-state index in [2.05, 4.69) is 0 Å². The number of aliphatic hydroxyl groups is 1. The Labute approximate surface area is 110 Å². The average molecular weight is 272 g/mol. The van der Waals surface area contributed by atoms with Crippen LogP contribution in [0.15, 0.2) is 24.3 Å². The minimum Gasteiger partial charge on any atom is -0.468 e. The minimum atomic E-state index is -0.482. The van der Waals surface area contributed by atoms with Crippen LogP contribution in [0.5, 0.6) is 0 Å². The van der Waals surface area contributed by atoms with Crippen molar-refractivity contribution in [1.82, 2.24) is 0 Å². The molecule has 2 atom stereocenters. The zero-order valence-electron chi connectivity index (χ0n) is 10.4. The summed E-state index contributed by atoms with van der Waals surface area (Å²) in [5, 5.41) is 8.49. The highest BCUT2D eigenvalue weighted by atomic mass is 32.2. The van der Waals surface area contributed by atoms with Gasteiger partial charge >= 0.3 is 5.97 Å². The van der Waals surface area contributed by atoms with Gasteiger partial charge < -0.3 is 9.84 Å². The van der Waals surface area contributed by atoms with Gasteiger partial charge in [-0.25, -0.2) is 4.39 Å². The summed E-state index contributed by atoms with van der Waals surface area (Å²) in [7, 11) is 1.33. The van der Waals surface area contributed by atoms with Crippen LogP contribution in [0.2, 0.25) is 0 Å². The van der Waals surface area contributed by atoms with Crippen LogP contribution in [-0.4, -0.2) is 30.5 Å². The van der Waals surface area contributed by atoms with Crippen LogP contribution in [0.3, 0.4) is 0 Å². The molecule has 1 aromatic carbocycles. The maximum Gasteiger partial charge on any atom is 0.323 e. The van der Waals surface area contributed by atoms with E-state index in [4.69, 9.17) is 9.84 Å². The Kier molecular flexibility index (Phi) is 6.15. The van der Waals surface area contributed by atoms with Crippen molar-refractivity contribution in [3.05, 3.63) is 35.6 Å². The summed E-state index contributed by atoms with van der Waals surface area (Å²) in [5.41, 5.74) is 0.707. The smallest absolute Gasteiger partial charge is 0.323 e. The number of hydrogen-bond acceptors (Lipinski definition) is 4. The number of halogens is 1. The van der Waals surface area contributed by atoms with Gasteiger partial charge in [-0.2, -0.15) is 0 Å². The van der Waals surface area contributed by atoms with Gasteiger partial charge in [0.2, 0.25) is 0 Å². The lowest BCUT2D eigenvalue weighted by Crippen LogP contribution is -2.14. The Morgan fingerprint density at radius 3 is 2.56 bits per heavy atom. The standard InChI is InChI=1S/C13H17FO3S/c1-9(7-15)8-18-12(13(16)17-2)10-3-5-11(14)6-4-10/h3-6,9,12,15H,7-8H2,1-2H3. The number of carbonyl (C=O) groups is 1. The first-order valence-corrected chi connectivity index (χ1v) is 6.69. The van der Waals surface area contributed by atoms with Gasteiger partial charge in [-0.1, -0.05) is 19.1 Å². The molecule has 0 aromatic heterocycles. The van der Waals surface area contributed by atoms with E-state index in [1.54, 1.807) is 12.1 Å². The Morgan fingerprint density at radius 1 is 1.44 bits per heavy atom. The number of hydrogen-bond donors (Lipinski definition) is 1. The fraction of sp³-hybridized carbons (Fsp3) is 0.462. The van der Waals surface area contributed by atoms with E-state index < -0.39 is 5.25 Å². The van der Waals surface area contributed by atoms with Gasteiger partial charge in [0.05, 0.1) is 7.11 Å². The monoisotopic (exact) mass is 272 g/mol. The largest absolute Gasteiger partial charge is 0.468 e. The van der Waals surface area contributed by atoms with Crippen molar-refractivity contribution in [1.29, 1.82) is 0 Å². The maximum absolute atomic E-state index is 12.8. The highest BCUT2D eigenvalue weighted by Crippen LogP contribution is 2.31. The Hall–Kier alpha value is -1.07. The molecular formula is C13H17FO3S. The summed E-state index contributed by atoms with van der Waals surface area (Å²) in [6.07, 6.45) is 0. The lowest BCUT2D eigenvalue weighted by Gasteiger charge is -2.16. The molecule has 0 aliphatic carbocycles. The van der Waals surface area contributed by atoms with Crippen molar-refractivity contribution in [2.24, 2.45) is 5.92 Å². The topological polar surface area (TPSA) is 46.5 Å². The molecule has 0 spiro atoms. The van der Waals surface area contributed by atoms with Crippen LogP contribution < -0.4 is 0 Å². The Balaban J connectivity index is 2.78. The number of aliphatic hydroxyl groups excluding tert-OH is 1. The zero-order chi connectivity index (χ0) is 13.5. The summed E-state index contributed by atoms with van der Waals surface area (Å²) < 4.78 is 17.6. The molecule has 0 radical (unpaired) electrons. The quantitative estimate of drug-likeness (QED) is 0.808. The van der Waals surface area contributed by atoms with Crippen LogP contribution in [-0.2, 0) is 9.53 Å². The van der Waals surface area contributed by atoms with E-state index in [0.717, 1.165) is 0 Å². The summed E-state index contributed by atoms with van der Waals surface area (Å²) in [4.78, 5) is 11.7. The molecule has 0 heterocycles. The molecule has 18 heavy (non-hydrogen) atoms. The van der Waals surface area contributed by atoms with Crippen LogP contribution in [0, 0.1) is 11.7 Å². The summed E-state index contributed by atoms with van der Waals surface area (Å²) in [6, 6.07) is 5.80. The molecule has 100 valence electrons. The first kappa shape index (κ1) is 15.0. The number of esters is 1. The zero-order valence-corrected chi connectivity index (χ0v) is 11.2. The number of methoxy groups -OCH3 is 1. The molecule has 1 N–H and O–H groups in total. The number of thioether (sulfide) groups is 1. The highest BCUT2D eigenvalue weighted by molar-refractivity contribution is 8.00. The van der Waals surface area contributed by atoms with Crippen molar-refractivity contribution in [3.8, 4) is 0 Å². The van der Waals surface area contributed by atoms with E-state index >= 15 is 0 Å². The number of carbonyl (C=O) groups excluding carboxylic acids is 1. The SMILES string of the molecule is COC(=O)C(SCC(C)CO)c1ccc(F)cc1. The van der Waals surface area contributed by atoms with E-state index in [0.29, 0.717) is 11.3 Å². The minimum absolute atomic E-state index is 0.0737. The van der Waals surface area contributed by atoms with Crippen molar-refractivity contribution < 1.29 is 19.0 Å². The molecule has 2 unspecified atom stereocenters. The molecule has 1 rings (SSSR count). The second kappa shape index (κ2) is 7.38. The lowest BCUT2D eigenvalue weighted by atomic mass is 10.1. The molecule has 0 aliphatic rings. The molecule has 0 bridgehead atoms. The van der Waals surface area contributed by atoms with Gasteiger partial charge in [0.15, 0.2) is 0 Å². The van der Waals surface area contributed by atoms with Gasteiger partial charge in [-0.15, -0.1) is 11.8 Å².